The van der Waals surface area contributed by atoms with Gasteiger partial charge in [-0.3, -0.25) is 0 Å². The van der Waals surface area contributed by atoms with E-state index in [1.54, 1.807) is 30.3 Å². The number of carbonyl (C=O) groups is 1. The number of rotatable bonds is 4. The van der Waals surface area contributed by atoms with Crippen LogP contribution < -0.4 is 0 Å². The van der Waals surface area contributed by atoms with E-state index in [2.05, 4.69) is 10.1 Å². The van der Waals surface area contributed by atoms with Gasteiger partial charge < -0.3 is 14.2 Å². The number of aromatic amines is 1. The number of esters is 1. The molecule has 0 aliphatic rings. The average Bonchev–Trinajstić information content (AvgIpc) is 3.27. The number of hydrogen-bond donors (Lipinski definition) is 1. The van der Waals surface area contributed by atoms with Crippen LogP contribution >= 0.6 is 0 Å². The summed E-state index contributed by atoms with van der Waals surface area (Å²) in [5, 5.41) is 4.74. The van der Waals surface area contributed by atoms with Gasteiger partial charge in [-0.2, -0.15) is 0 Å². The Morgan fingerprint density at radius 3 is 2.76 bits per heavy atom. The van der Waals surface area contributed by atoms with Crippen molar-refractivity contribution in [2.24, 2.45) is 0 Å². The molecule has 6 heteroatoms. The van der Waals surface area contributed by atoms with Crippen LogP contribution in [0.2, 0.25) is 0 Å². The van der Waals surface area contributed by atoms with E-state index in [0.717, 1.165) is 10.9 Å². The van der Waals surface area contributed by atoms with Gasteiger partial charge in [0.25, 0.3) is 0 Å². The van der Waals surface area contributed by atoms with Gasteiger partial charge in [0, 0.05) is 17.0 Å². The molecule has 0 bridgehead atoms. The zero-order chi connectivity index (χ0) is 17.2. The van der Waals surface area contributed by atoms with Gasteiger partial charge in [0.1, 0.15) is 23.8 Å². The molecule has 0 saturated carbocycles. The van der Waals surface area contributed by atoms with Crippen LogP contribution in [-0.4, -0.2) is 16.1 Å². The smallest absolute Gasteiger partial charge is 0.355 e. The van der Waals surface area contributed by atoms with Gasteiger partial charge in [0.2, 0.25) is 0 Å². The van der Waals surface area contributed by atoms with Crippen LogP contribution in [0.1, 0.15) is 16.2 Å². The second-order valence-corrected chi connectivity index (χ2v) is 5.51. The summed E-state index contributed by atoms with van der Waals surface area (Å²) in [5.41, 5.74) is 1.93. The van der Waals surface area contributed by atoms with E-state index >= 15 is 0 Å². The highest BCUT2D eigenvalue weighted by molar-refractivity contribution is 5.94. The summed E-state index contributed by atoms with van der Waals surface area (Å²) in [5.74, 6) is -0.610. The Bertz CT molecular complexity index is 1020. The second kappa shape index (κ2) is 6.24. The van der Waals surface area contributed by atoms with Crippen LogP contribution in [-0.2, 0) is 11.3 Å². The van der Waals surface area contributed by atoms with Crippen molar-refractivity contribution in [3.05, 3.63) is 77.9 Å². The molecule has 1 N–H and O–H groups in total. The lowest BCUT2D eigenvalue weighted by molar-refractivity contribution is 0.0458. The highest BCUT2D eigenvalue weighted by Gasteiger charge is 2.14. The van der Waals surface area contributed by atoms with Gasteiger partial charge in [-0.25, -0.2) is 9.18 Å². The van der Waals surface area contributed by atoms with Gasteiger partial charge in [-0.15, -0.1) is 0 Å². The molecule has 0 fully saturated rings. The highest BCUT2D eigenvalue weighted by Crippen LogP contribution is 2.23. The van der Waals surface area contributed by atoms with E-state index in [9.17, 15) is 9.18 Å². The number of ether oxygens (including phenoxy) is 1. The van der Waals surface area contributed by atoms with Crippen LogP contribution in [0.3, 0.4) is 0 Å². The maximum absolute atomic E-state index is 13.7. The summed E-state index contributed by atoms with van der Waals surface area (Å²) in [6, 6.07) is 17.1. The van der Waals surface area contributed by atoms with E-state index in [1.165, 1.54) is 6.07 Å². The molecule has 0 radical (unpaired) electrons. The first-order valence-electron chi connectivity index (χ1n) is 7.66. The van der Waals surface area contributed by atoms with E-state index in [-0.39, 0.29) is 12.4 Å². The predicted octanol–water partition coefficient (Wildman–Crippen LogP) is 4.32. The number of halogens is 1. The average molecular weight is 336 g/mol. The topological polar surface area (TPSA) is 68.1 Å². The number of carbonyl (C=O) groups excluding carboxylic acids is 1. The van der Waals surface area contributed by atoms with Gasteiger partial charge in [0.15, 0.2) is 5.76 Å². The second-order valence-electron chi connectivity index (χ2n) is 5.51. The standard InChI is InChI=1S/C19H13FN2O3/c20-15-7-3-2-6-14(15)18-10-13(22-25-18)11-24-19(23)17-9-12-5-1-4-8-16(12)21-17/h1-10,21H,11H2. The van der Waals surface area contributed by atoms with Gasteiger partial charge in [0.05, 0.1) is 5.56 Å². The molecule has 0 atom stereocenters. The maximum Gasteiger partial charge on any atom is 0.355 e. The fourth-order valence-corrected chi connectivity index (χ4v) is 2.57. The predicted molar refractivity (Wildman–Crippen MR) is 89.3 cm³/mol. The third-order valence-electron chi connectivity index (χ3n) is 3.80. The lowest BCUT2D eigenvalue weighted by Gasteiger charge is -1.99. The van der Waals surface area contributed by atoms with Crippen molar-refractivity contribution in [3.8, 4) is 11.3 Å². The maximum atomic E-state index is 13.7. The van der Waals surface area contributed by atoms with Crippen LogP contribution in [0.4, 0.5) is 4.39 Å². The summed E-state index contributed by atoms with van der Waals surface area (Å²) in [6.45, 7) is -0.0633. The summed E-state index contributed by atoms with van der Waals surface area (Å²) < 4.78 is 24.1. The van der Waals surface area contributed by atoms with Crippen LogP contribution in [0, 0.1) is 5.82 Å². The Kier molecular flexibility index (Phi) is 3.78. The zero-order valence-corrected chi connectivity index (χ0v) is 13.0. The number of H-pyrrole nitrogens is 1. The van der Waals surface area contributed by atoms with Crippen molar-refractivity contribution in [1.29, 1.82) is 0 Å². The molecule has 0 aliphatic heterocycles. The molecule has 4 aromatic rings. The molecule has 25 heavy (non-hydrogen) atoms. The molecule has 2 aromatic carbocycles. The van der Waals surface area contributed by atoms with Crippen LogP contribution in [0.15, 0.2) is 65.2 Å². The van der Waals surface area contributed by atoms with E-state index in [0.29, 0.717) is 17.0 Å². The molecule has 0 saturated heterocycles. The van der Waals surface area contributed by atoms with Crippen molar-refractivity contribution in [2.45, 2.75) is 6.61 Å². The molecule has 124 valence electrons. The first kappa shape index (κ1) is 15.1. The molecule has 2 heterocycles. The van der Waals surface area contributed by atoms with Gasteiger partial charge >= 0.3 is 5.97 Å². The van der Waals surface area contributed by atoms with E-state index in [1.807, 2.05) is 24.3 Å². The lowest BCUT2D eigenvalue weighted by Crippen LogP contribution is -2.05. The van der Waals surface area contributed by atoms with Crippen LogP contribution in [0.25, 0.3) is 22.2 Å². The van der Waals surface area contributed by atoms with Crippen molar-refractivity contribution in [1.82, 2.24) is 10.1 Å². The Morgan fingerprint density at radius 1 is 1.12 bits per heavy atom. The number of nitrogens with zero attached hydrogens (tertiary/aromatic N) is 1. The van der Waals surface area contributed by atoms with Crippen molar-refractivity contribution >= 4 is 16.9 Å². The number of para-hydroxylation sites is 1. The SMILES string of the molecule is O=C(OCc1cc(-c2ccccc2F)on1)c1cc2ccccc2[nH]1. The van der Waals surface area contributed by atoms with E-state index in [4.69, 9.17) is 9.26 Å². The Morgan fingerprint density at radius 2 is 1.92 bits per heavy atom. The minimum absolute atomic E-state index is 0.0633. The first-order valence-corrected chi connectivity index (χ1v) is 7.66. The summed E-state index contributed by atoms with van der Waals surface area (Å²) in [7, 11) is 0. The molecule has 0 aliphatic carbocycles. The van der Waals surface area contributed by atoms with Gasteiger partial charge in [-0.05, 0) is 24.3 Å². The molecule has 0 spiro atoms. The lowest BCUT2D eigenvalue weighted by atomic mass is 10.1. The minimum atomic E-state index is -0.494. The molecule has 2 aromatic heterocycles. The third kappa shape index (κ3) is 3.01. The molecule has 0 amide bonds. The molecule has 4 rings (SSSR count). The summed E-state index contributed by atoms with van der Waals surface area (Å²) in [4.78, 5) is 15.1. The number of hydrogen-bond acceptors (Lipinski definition) is 4. The van der Waals surface area contributed by atoms with Crippen molar-refractivity contribution in [3.63, 3.8) is 0 Å². The van der Waals surface area contributed by atoms with Crippen molar-refractivity contribution in [2.75, 3.05) is 0 Å². The molecular formula is C19H13FN2O3. The fourth-order valence-electron chi connectivity index (χ4n) is 2.57. The third-order valence-corrected chi connectivity index (χ3v) is 3.80. The Hall–Kier alpha value is -3.41. The molecule has 5 nitrogen and oxygen atoms in total. The fraction of sp³-hybridized carbons (Fsp3) is 0.0526. The van der Waals surface area contributed by atoms with Crippen molar-refractivity contribution < 1.29 is 18.4 Å². The zero-order valence-electron chi connectivity index (χ0n) is 13.0. The number of aromatic nitrogens is 2. The highest BCUT2D eigenvalue weighted by atomic mass is 19.1. The first-order chi connectivity index (χ1) is 12.2. The normalized spacial score (nSPS) is 10.9. The summed E-state index contributed by atoms with van der Waals surface area (Å²) in [6.07, 6.45) is 0. The molecule has 0 unspecified atom stereocenters. The Balaban J connectivity index is 1.46. The minimum Gasteiger partial charge on any atom is -0.454 e. The number of nitrogens with one attached hydrogen (secondary N) is 1. The summed E-state index contributed by atoms with van der Waals surface area (Å²) >= 11 is 0. The van der Waals surface area contributed by atoms with Crippen LogP contribution in [0.5, 0.6) is 0 Å². The molecular weight excluding hydrogens is 323 g/mol. The Labute approximate surface area is 142 Å². The number of benzene rings is 2. The quantitative estimate of drug-likeness (QED) is 0.564. The van der Waals surface area contributed by atoms with E-state index < -0.39 is 11.8 Å². The largest absolute Gasteiger partial charge is 0.454 e. The van der Waals surface area contributed by atoms with Gasteiger partial charge in [-0.1, -0.05) is 35.5 Å². The monoisotopic (exact) mass is 336 g/mol. The number of fused-ring (bicyclic) bond motifs is 1.